The van der Waals surface area contributed by atoms with E-state index in [2.05, 4.69) is 19.2 Å². The van der Waals surface area contributed by atoms with Crippen LogP contribution in [-0.2, 0) is 5.75 Å². The Bertz CT molecular complexity index is 346. The van der Waals surface area contributed by atoms with Gasteiger partial charge in [0.05, 0.1) is 6.10 Å². The molecule has 2 N–H and O–H groups in total. The van der Waals surface area contributed by atoms with E-state index >= 15 is 0 Å². The molecule has 2 nitrogen and oxygen atoms in total. The molecule has 0 aliphatic rings. The zero-order chi connectivity index (χ0) is 13.4. The molecule has 1 aromatic carbocycles. The first-order chi connectivity index (χ1) is 8.59. The lowest BCUT2D eigenvalue weighted by atomic mass is 10.2. The lowest BCUT2D eigenvalue weighted by Crippen LogP contribution is -2.31. The maximum absolute atomic E-state index is 9.79. The molecule has 0 spiro atoms. The van der Waals surface area contributed by atoms with Crippen LogP contribution >= 0.6 is 23.4 Å². The second-order valence-electron chi connectivity index (χ2n) is 4.81. The summed E-state index contributed by atoms with van der Waals surface area (Å²) in [5, 5.41) is 13.9. The van der Waals surface area contributed by atoms with Crippen molar-refractivity contribution in [1.29, 1.82) is 0 Å². The van der Waals surface area contributed by atoms with Crippen LogP contribution in [0.1, 0.15) is 19.4 Å². The molecule has 0 bridgehead atoms. The number of benzene rings is 1. The Labute approximate surface area is 119 Å². The van der Waals surface area contributed by atoms with Gasteiger partial charge in [-0.15, -0.1) is 0 Å². The largest absolute Gasteiger partial charge is 0.391 e. The molecule has 4 heteroatoms. The Kier molecular flexibility index (Phi) is 7.75. The molecule has 0 aromatic heterocycles. The van der Waals surface area contributed by atoms with Crippen LogP contribution in [0, 0.1) is 5.92 Å². The fraction of sp³-hybridized carbons (Fsp3) is 0.571. The molecule has 1 aromatic rings. The molecule has 18 heavy (non-hydrogen) atoms. The molecule has 0 aliphatic heterocycles. The maximum atomic E-state index is 9.79. The first-order valence-electron chi connectivity index (χ1n) is 6.29. The van der Waals surface area contributed by atoms with Gasteiger partial charge in [-0.25, -0.2) is 0 Å². The number of aliphatic hydroxyl groups is 1. The summed E-state index contributed by atoms with van der Waals surface area (Å²) in [6.07, 6.45) is -0.295. The van der Waals surface area contributed by atoms with Gasteiger partial charge in [-0.3, -0.25) is 0 Å². The van der Waals surface area contributed by atoms with E-state index in [1.807, 2.05) is 24.3 Å². The van der Waals surface area contributed by atoms with E-state index in [0.717, 1.165) is 28.6 Å². The van der Waals surface area contributed by atoms with Crippen LogP contribution in [0.5, 0.6) is 0 Å². The number of aliphatic hydroxyl groups excluding tert-OH is 1. The molecule has 0 fully saturated rings. The zero-order valence-electron chi connectivity index (χ0n) is 11.0. The SMILES string of the molecule is CC(C)CNCC(O)CSCc1ccccc1Cl. The fourth-order valence-corrected chi connectivity index (χ4v) is 2.78. The van der Waals surface area contributed by atoms with Gasteiger partial charge in [-0.05, 0) is 24.1 Å². The molecule has 0 radical (unpaired) electrons. The highest BCUT2D eigenvalue weighted by Gasteiger charge is 2.05. The van der Waals surface area contributed by atoms with Crippen LogP contribution in [0.25, 0.3) is 0 Å². The average molecular weight is 288 g/mol. The number of halogens is 1. The van der Waals surface area contributed by atoms with Gasteiger partial charge >= 0.3 is 0 Å². The first-order valence-corrected chi connectivity index (χ1v) is 7.82. The number of nitrogens with one attached hydrogen (secondary N) is 1. The van der Waals surface area contributed by atoms with Crippen molar-refractivity contribution in [3.05, 3.63) is 34.9 Å². The Morgan fingerprint density at radius 1 is 1.28 bits per heavy atom. The molecule has 1 atom stereocenters. The van der Waals surface area contributed by atoms with E-state index in [-0.39, 0.29) is 6.10 Å². The van der Waals surface area contributed by atoms with Crippen LogP contribution < -0.4 is 5.32 Å². The minimum Gasteiger partial charge on any atom is -0.391 e. The zero-order valence-corrected chi connectivity index (χ0v) is 12.6. The molecular formula is C14H22ClNOS. The predicted octanol–water partition coefficient (Wildman–Crippen LogP) is 3.18. The number of thioether (sulfide) groups is 1. The van der Waals surface area contributed by atoms with E-state index in [1.54, 1.807) is 11.8 Å². The van der Waals surface area contributed by atoms with Crippen molar-refractivity contribution in [3.63, 3.8) is 0 Å². The minimum atomic E-state index is -0.295. The second-order valence-corrected chi connectivity index (χ2v) is 6.25. The fourth-order valence-electron chi connectivity index (χ4n) is 1.52. The third-order valence-corrected chi connectivity index (χ3v) is 3.96. The van der Waals surface area contributed by atoms with Gasteiger partial charge in [0.25, 0.3) is 0 Å². The Hall–Kier alpha value is -0.220. The van der Waals surface area contributed by atoms with Gasteiger partial charge < -0.3 is 10.4 Å². The first kappa shape index (κ1) is 15.8. The van der Waals surface area contributed by atoms with E-state index in [0.29, 0.717) is 12.5 Å². The molecule has 1 unspecified atom stereocenters. The van der Waals surface area contributed by atoms with E-state index in [4.69, 9.17) is 11.6 Å². The maximum Gasteiger partial charge on any atom is 0.0754 e. The van der Waals surface area contributed by atoms with Gasteiger partial charge in [0.15, 0.2) is 0 Å². The Morgan fingerprint density at radius 3 is 2.67 bits per heavy atom. The Morgan fingerprint density at radius 2 is 2.00 bits per heavy atom. The molecule has 0 heterocycles. The quantitative estimate of drug-likeness (QED) is 0.770. The second kappa shape index (κ2) is 8.81. The van der Waals surface area contributed by atoms with E-state index in [1.165, 1.54) is 0 Å². The monoisotopic (exact) mass is 287 g/mol. The molecular weight excluding hydrogens is 266 g/mol. The molecule has 0 saturated carbocycles. The van der Waals surface area contributed by atoms with Crippen molar-refractivity contribution in [1.82, 2.24) is 5.32 Å². The smallest absolute Gasteiger partial charge is 0.0754 e. The van der Waals surface area contributed by atoms with E-state index < -0.39 is 0 Å². The van der Waals surface area contributed by atoms with Gasteiger partial charge in [0.2, 0.25) is 0 Å². The van der Waals surface area contributed by atoms with Crippen LogP contribution in [-0.4, -0.2) is 30.1 Å². The number of hydrogen-bond acceptors (Lipinski definition) is 3. The van der Waals surface area contributed by atoms with Crippen molar-refractivity contribution in [3.8, 4) is 0 Å². The summed E-state index contributed by atoms with van der Waals surface area (Å²) in [6, 6.07) is 7.85. The summed E-state index contributed by atoms with van der Waals surface area (Å²) < 4.78 is 0. The third-order valence-electron chi connectivity index (χ3n) is 2.46. The minimum absolute atomic E-state index is 0.295. The van der Waals surface area contributed by atoms with Crippen molar-refractivity contribution in [2.75, 3.05) is 18.8 Å². The van der Waals surface area contributed by atoms with Gasteiger partial charge in [-0.1, -0.05) is 43.6 Å². The summed E-state index contributed by atoms with van der Waals surface area (Å²) >= 11 is 7.78. The van der Waals surface area contributed by atoms with E-state index in [9.17, 15) is 5.11 Å². The molecule has 0 amide bonds. The number of rotatable bonds is 8. The third kappa shape index (κ3) is 6.64. The number of hydrogen-bond donors (Lipinski definition) is 2. The highest BCUT2D eigenvalue weighted by Crippen LogP contribution is 2.20. The highest BCUT2D eigenvalue weighted by atomic mass is 35.5. The normalized spacial score (nSPS) is 12.9. The topological polar surface area (TPSA) is 32.3 Å². The summed E-state index contributed by atoms with van der Waals surface area (Å²) in [6.45, 7) is 5.93. The van der Waals surface area contributed by atoms with Crippen LogP contribution in [0.2, 0.25) is 5.02 Å². The van der Waals surface area contributed by atoms with Gasteiger partial charge in [0.1, 0.15) is 0 Å². The molecule has 0 saturated heterocycles. The van der Waals surface area contributed by atoms with Gasteiger partial charge in [-0.2, -0.15) is 11.8 Å². The lowest BCUT2D eigenvalue weighted by Gasteiger charge is -2.13. The van der Waals surface area contributed by atoms with Gasteiger partial charge in [0, 0.05) is 23.1 Å². The average Bonchev–Trinajstić information content (AvgIpc) is 2.31. The van der Waals surface area contributed by atoms with Crippen LogP contribution in [0.3, 0.4) is 0 Å². The molecule has 102 valence electrons. The highest BCUT2D eigenvalue weighted by molar-refractivity contribution is 7.98. The van der Waals surface area contributed by atoms with Crippen molar-refractivity contribution < 1.29 is 5.11 Å². The molecule has 1 rings (SSSR count). The summed E-state index contributed by atoms with van der Waals surface area (Å²) in [5.41, 5.74) is 1.13. The Balaban J connectivity index is 2.15. The predicted molar refractivity (Wildman–Crippen MR) is 81.3 cm³/mol. The van der Waals surface area contributed by atoms with Crippen LogP contribution in [0.4, 0.5) is 0 Å². The summed E-state index contributed by atoms with van der Waals surface area (Å²) in [7, 11) is 0. The summed E-state index contributed by atoms with van der Waals surface area (Å²) in [4.78, 5) is 0. The summed E-state index contributed by atoms with van der Waals surface area (Å²) in [5.74, 6) is 2.20. The molecule has 0 aliphatic carbocycles. The van der Waals surface area contributed by atoms with Crippen LogP contribution in [0.15, 0.2) is 24.3 Å². The van der Waals surface area contributed by atoms with Crippen molar-refractivity contribution in [2.24, 2.45) is 5.92 Å². The lowest BCUT2D eigenvalue weighted by molar-refractivity contribution is 0.194. The van der Waals surface area contributed by atoms with Crippen molar-refractivity contribution >= 4 is 23.4 Å². The standard InChI is InChI=1S/C14H22ClNOS/c1-11(2)7-16-8-13(17)10-18-9-12-5-3-4-6-14(12)15/h3-6,11,13,16-17H,7-10H2,1-2H3. The van der Waals surface area contributed by atoms with Crippen molar-refractivity contribution in [2.45, 2.75) is 25.7 Å².